The van der Waals surface area contributed by atoms with Gasteiger partial charge in [0.1, 0.15) is 7.05 Å². The molecule has 0 amide bonds. The van der Waals surface area contributed by atoms with E-state index in [4.69, 9.17) is 0 Å². The molecule has 40 heavy (non-hydrogen) atoms. The predicted molar refractivity (Wildman–Crippen MR) is 175 cm³/mol. The fourth-order valence-electron chi connectivity index (χ4n) is 6.83. The van der Waals surface area contributed by atoms with Gasteiger partial charge in [-0.15, -0.1) is 0 Å². The smallest absolute Gasteiger partial charge is 0.200 e. The molecule has 0 bridgehead atoms. The number of hydrogen-bond donors (Lipinski definition) is 0. The average molecular weight is 547 g/mol. The minimum atomic E-state index is 0.192. The molecular weight excluding hydrogens is 502 g/mol. The molecule has 1 nitrogen and oxygen atoms in total. The van der Waals surface area contributed by atoms with E-state index < -0.39 is 0 Å². The quantitative estimate of drug-likeness (QED) is 0.154. The molecule has 4 aromatic carbocycles. The molecule has 0 N–H and O–H groups in total. The molecule has 0 radical (unpaired) electrons. The van der Waals surface area contributed by atoms with Gasteiger partial charge in [-0.05, 0) is 93.3 Å². The van der Waals surface area contributed by atoms with Crippen molar-refractivity contribution in [3.8, 4) is 11.3 Å². The summed E-state index contributed by atoms with van der Waals surface area (Å²) < 4.78 is 2.38. The highest BCUT2D eigenvalue weighted by atomic mass is 32.2. The topological polar surface area (TPSA) is 3.88 Å². The first kappa shape index (κ1) is 27.3. The van der Waals surface area contributed by atoms with Gasteiger partial charge in [-0.1, -0.05) is 96.6 Å². The summed E-state index contributed by atoms with van der Waals surface area (Å²) in [6.07, 6.45) is 5.58. The van der Waals surface area contributed by atoms with Crippen LogP contribution in [0, 0.1) is 24.2 Å². The Kier molecular flexibility index (Phi) is 6.77. The molecule has 2 heterocycles. The molecule has 206 valence electrons. The van der Waals surface area contributed by atoms with Crippen LogP contribution in [0.1, 0.15) is 70.7 Å². The van der Waals surface area contributed by atoms with Gasteiger partial charge in [0.05, 0.1) is 10.9 Å². The first-order chi connectivity index (χ1) is 18.9. The third kappa shape index (κ3) is 4.73. The average Bonchev–Trinajstić information content (AvgIpc) is 2.86. The molecule has 0 saturated carbocycles. The summed E-state index contributed by atoms with van der Waals surface area (Å²) in [5.41, 5.74) is 8.82. The molecule has 0 atom stereocenters. The van der Waals surface area contributed by atoms with Crippen molar-refractivity contribution in [3.63, 3.8) is 0 Å². The lowest BCUT2D eigenvalue weighted by Crippen LogP contribution is -2.32. The number of hydrogen-bond acceptors (Lipinski definition) is 1. The Morgan fingerprint density at radius 2 is 1.43 bits per heavy atom. The van der Waals surface area contributed by atoms with E-state index in [1.807, 2.05) is 11.8 Å². The van der Waals surface area contributed by atoms with Gasteiger partial charge in [-0.3, -0.25) is 0 Å². The van der Waals surface area contributed by atoms with Crippen LogP contribution in [0.5, 0.6) is 0 Å². The van der Waals surface area contributed by atoms with Crippen LogP contribution >= 0.6 is 11.8 Å². The van der Waals surface area contributed by atoms with Gasteiger partial charge in [0.2, 0.25) is 5.69 Å². The predicted octanol–water partition coefficient (Wildman–Crippen LogP) is 10.4. The van der Waals surface area contributed by atoms with E-state index in [1.54, 1.807) is 0 Å². The minimum absolute atomic E-state index is 0.192. The van der Waals surface area contributed by atoms with Crippen LogP contribution in [-0.2, 0) is 26.3 Å². The Balaban J connectivity index is 1.71. The van der Waals surface area contributed by atoms with Gasteiger partial charge in [-0.2, -0.15) is 0 Å². The number of aromatic nitrogens is 1. The van der Waals surface area contributed by atoms with Crippen LogP contribution in [0.15, 0.2) is 64.5 Å². The van der Waals surface area contributed by atoms with E-state index in [2.05, 4.69) is 122 Å². The monoisotopic (exact) mass is 546 g/mol. The maximum atomic E-state index is 2.50. The third-order valence-electron chi connectivity index (χ3n) is 8.40. The number of fused-ring (bicyclic) bond motifs is 5. The summed E-state index contributed by atoms with van der Waals surface area (Å²) in [6, 6.07) is 19.3. The van der Waals surface area contributed by atoms with Crippen molar-refractivity contribution in [3.05, 3.63) is 77.0 Å². The first-order valence-electron chi connectivity index (χ1n) is 15.1. The molecule has 6 rings (SSSR count). The largest absolute Gasteiger partial charge is 0.222 e. The van der Waals surface area contributed by atoms with E-state index >= 15 is 0 Å². The fourth-order valence-corrected chi connectivity index (χ4v) is 8.20. The van der Waals surface area contributed by atoms with Crippen LogP contribution in [0.3, 0.4) is 0 Å². The normalized spacial score (nSPS) is 13.3. The molecular formula is C38H44NS+. The summed E-state index contributed by atoms with van der Waals surface area (Å²) in [4.78, 5) is 2.85. The molecule has 1 aromatic heterocycles. The van der Waals surface area contributed by atoms with Crippen LogP contribution < -0.4 is 4.57 Å². The molecule has 5 aromatic rings. The molecule has 0 aliphatic carbocycles. The summed E-state index contributed by atoms with van der Waals surface area (Å²) in [6.45, 7) is 18.8. The summed E-state index contributed by atoms with van der Waals surface area (Å²) in [5.74, 6) is 1.29. The second-order valence-corrected chi connectivity index (χ2v) is 15.3. The van der Waals surface area contributed by atoms with Crippen molar-refractivity contribution in [2.45, 2.75) is 84.4 Å². The van der Waals surface area contributed by atoms with Crippen molar-refractivity contribution in [1.82, 2.24) is 0 Å². The Labute approximate surface area is 245 Å². The second kappa shape index (κ2) is 9.91. The zero-order chi connectivity index (χ0) is 28.5. The Morgan fingerprint density at radius 1 is 0.775 bits per heavy atom. The highest BCUT2D eigenvalue weighted by molar-refractivity contribution is 8.00. The Bertz CT molecular complexity index is 1800. The lowest BCUT2D eigenvalue weighted by Gasteiger charge is -2.28. The zero-order valence-corrected chi connectivity index (χ0v) is 26.6. The highest BCUT2D eigenvalue weighted by Crippen LogP contribution is 2.53. The van der Waals surface area contributed by atoms with E-state index in [1.165, 1.54) is 75.6 Å². The van der Waals surface area contributed by atoms with Crippen molar-refractivity contribution in [2.24, 2.45) is 24.3 Å². The van der Waals surface area contributed by atoms with Gasteiger partial charge in [-0.25, -0.2) is 4.57 Å². The number of rotatable bonds is 5. The van der Waals surface area contributed by atoms with E-state index in [0.717, 1.165) is 19.3 Å². The van der Waals surface area contributed by atoms with Crippen LogP contribution in [0.25, 0.3) is 43.6 Å². The van der Waals surface area contributed by atoms with E-state index in [9.17, 15) is 0 Å². The van der Waals surface area contributed by atoms with Crippen molar-refractivity contribution in [2.75, 3.05) is 0 Å². The van der Waals surface area contributed by atoms with Gasteiger partial charge in [0, 0.05) is 21.2 Å². The zero-order valence-electron chi connectivity index (χ0n) is 25.8. The molecule has 2 heteroatoms. The van der Waals surface area contributed by atoms with E-state index in [-0.39, 0.29) is 5.41 Å². The second-order valence-electron chi connectivity index (χ2n) is 14.2. The van der Waals surface area contributed by atoms with Gasteiger partial charge >= 0.3 is 0 Å². The molecule has 0 fully saturated rings. The number of nitrogens with zero attached hydrogens (tertiary/aromatic N) is 1. The van der Waals surface area contributed by atoms with Crippen molar-refractivity contribution in [1.29, 1.82) is 0 Å². The van der Waals surface area contributed by atoms with Crippen LogP contribution in [0.4, 0.5) is 0 Å². The summed E-state index contributed by atoms with van der Waals surface area (Å²) in [7, 11) is 2.24. The summed E-state index contributed by atoms with van der Waals surface area (Å²) >= 11 is 2.01. The van der Waals surface area contributed by atoms with Gasteiger partial charge < -0.3 is 0 Å². The first-order valence-corrected chi connectivity index (χ1v) is 15.9. The third-order valence-corrected chi connectivity index (χ3v) is 9.59. The maximum absolute atomic E-state index is 2.50. The molecule has 1 aliphatic heterocycles. The lowest BCUT2D eigenvalue weighted by molar-refractivity contribution is -0.659. The van der Waals surface area contributed by atoms with Crippen LogP contribution in [-0.4, -0.2) is 0 Å². The van der Waals surface area contributed by atoms with Gasteiger partial charge in [0.25, 0.3) is 0 Å². The van der Waals surface area contributed by atoms with E-state index in [0.29, 0.717) is 11.8 Å². The number of pyridine rings is 1. The van der Waals surface area contributed by atoms with Crippen molar-refractivity contribution < 1.29 is 4.57 Å². The highest BCUT2D eigenvalue weighted by Gasteiger charge is 2.33. The maximum Gasteiger partial charge on any atom is 0.222 e. The van der Waals surface area contributed by atoms with Crippen LogP contribution in [0.2, 0.25) is 0 Å². The number of aryl methyl sites for hydroxylation is 2. The van der Waals surface area contributed by atoms with Crippen molar-refractivity contribution >= 4 is 44.1 Å². The SMILES string of the molecule is Cc1c2c(c(CC(C)(C)C)c3ccc(CC(C)C)cc13)Sc1cc3ccc(CC(C)C)cc3c3cc[n+](C)c-2c13. The lowest BCUT2D eigenvalue weighted by atomic mass is 9.82. The summed E-state index contributed by atoms with van der Waals surface area (Å²) in [5, 5.41) is 8.39. The van der Waals surface area contributed by atoms with Gasteiger partial charge in [0.15, 0.2) is 6.20 Å². The Morgan fingerprint density at radius 3 is 2.08 bits per heavy atom. The fraction of sp³-hybridized carbons (Fsp3) is 0.395. The molecule has 0 saturated heterocycles. The minimum Gasteiger partial charge on any atom is -0.200 e. The number of benzene rings is 4. The molecule has 0 unspecified atom stereocenters. The standard InChI is InChI=1S/C38H44NS/c1-22(2)16-25-10-12-27-20-33-35-29(31(27)19-25)14-15-39(9)36(35)34-24(5)30-18-26(17-23(3)4)11-13-28(30)32(37(34)40-33)21-38(6,7)8/h10-15,18-20,22-23H,16-17,21H2,1-9H3/q+1. The Hall–Kier alpha value is -2.84. The molecule has 0 spiro atoms. The molecule has 1 aliphatic rings.